The molecule has 7 heteroatoms. The number of amides is 1. The van der Waals surface area contributed by atoms with Crippen LogP contribution < -0.4 is 10.5 Å². The van der Waals surface area contributed by atoms with E-state index in [1.807, 2.05) is 19.9 Å². The van der Waals surface area contributed by atoms with Gasteiger partial charge in [-0.3, -0.25) is 4.79 Å². The van der Waals surface area contributed by atoms with Gasteiger partial charge in [0.2, 0.25) is 10.0 Å². The summed E-state index contributed by atoms with van der Waals surface area (Å²) in [6, 6.07) is 8.31. The van der Waals surface area contributed by atoms with Gasteiger partial charge in [0.05, 0.1) is 10.5 Å². The highest BCUT2D eigenvalue weighted by Gasteiger charge is 2.17. The van der Waals surface area contributed by atoms with Crippen LogP contribution >= 0.6 is 0 Å². The van der Waals surface area contributed by atoms with Gasteiger partial charge >= 0.3 is 0 Å². The van der Waals surface area contributed by atoms with E-state index in [0.29, 0.717) is 12.1 Å². The maximum atomic E-state index is 12.4. The smallest absolute Gasteiger partial charge is 0.253 e. The van der Waals surface area contributed by atoms with Gasteiger partial charge in [-0.1, -0.05) is 12.1 Å². The summed E-state index contributed by atoms with van der Waals surface area (Å²) in [7, 11) is -3.70. The number of carbonyl (C=O) groups is 1. The molecule has 1 aromatic heterocycles. The van der Waals surface area contributed by atoms with Crippen molar-refractivity contribution >= 4 is 15.9 Å². The van der Waals surface area contributed by atoms with Gasteiger partial charge in [0.25, 0.3) is 5.91 Å². The van der Waals surface area contributed by atoms with Crippen LogP contribution in [0.1, 0.15) is 47.2 Å². The van der Waals surface area contributed by atoms with Crippen LogP contribution in [0.15, 0.2) is 35.2 Å². The molecule has 1 heterocycles. The second-order valence-electron chi connectivity index (χ2n) is 6.12. The third-order valence-corrected chi connectivity index (χ3v) is 4.88. The van der Waals surface area contributed by atoms with E-state index < -0.39 is 10.0 Å². The first-order valence-electron chi connectivity index (χ1n) is 7.69. The van der Waals surface area contributed by atoms with Crippen molar-refractivity contribution in [3.63, 3.8) is 0 Å². The Bertz CT molecular complexity index is 850. The quantitative estimate of drug-likeness (QED) is 0.867. The van der Waals surface area contributed by atoms with Crippen LogP contribution in [0.4, 0.5) is 0 Å². The number of sulfonamides is 1. The minimum atomic E-state index is -3.70. The van der Waals surface area contributed by atoms with Crippen LogP contribution in [0.3, 0.4) is 0 Å². The largest absolute Gasteiger partial charge is 0.348 e. The lowest BCUT2D eigenvalue weighted by Gasteiger charge is -2.13. The first-order chi connectivity index (χ1) is 11.1. The molecule has 1 aromatic carbocycles. The monoisotopic (exact) mass is 349 g/mol. The van der Waals surface area contributed by atoms with Gasteiger partial charge in [-0.25, -0.2) is 13.6 Å². The Morgan fingerprint density at radius 1 is 1.21 bits per heavy atom. The van der Waals surface area contributed by atoms with E-state index in [4.69, 9.17) is 5.14 Å². The van der Waals surface area contributed by atoms with Crippen LogP contribution in [-0.4, -0.2) is 18.9 Å². The predicted octanol–water partition coefficient (Wildman–Crippen LogP) is 2.26. The van der Waals surface area contributed by atoms with Crippen molar-refractivity contribution < 1.29 is 13.2 Å². The molecule has 0 saturated carbocycles. The SMILES string of the molecule is Cc1cc(C(=O)NCc2ccc(S(N)(=O)=O)cc2)c(C)n1C(C)C. The van der Waals surface area contributed by atoms with Crippen molar-refractivity contribution in [2.75, 3.05) is 0 Å². The molecule has 0 spiro atoms. The molecule has 0 bridgehead atoms. The normalized spacial score (nSPS) is 11.8. The van der Waals surface area contributed by atoms with E-state index in [9.17, 15) is 13.2 Å². The van der Waals surface area contributed by atoms with Gasteiger partial charge in [0.1, 0.15) is 0 Å². The lowest BCUT2D eigenvalue weighted by Crippen LogP contribution is -2.23. The molecule has 0 fully saturated rings. The zero-order chi connectivity index (χ0) is 18.1. The Morgan fingerprint density at radius 2 is 1.79 bits per heavy atom. The van der Waals surface area contributed by atoms with E-state index in [0.717, 1.165) is 17.0 Å². The van der Waals surface area contributed by atoms with Gasteiger partial charge in [-0.2, -0.15) is 0 Å². The minimum absolute atomic E-state index is 0.0538. The number of nitrogens with one attached hydrogen (secondary N) is 1. The van der Waals surface area contributed by atoms with E-state index in [2.05, 4.69) is 23.7 Å². The summed E-state index contributed by atoms with van der Waals surface area (Å²) in [5.41, 5.74) is 3.44. The molecule has 6 nitrogen and oxygen atoms in total. The first-order valence-corrected chi connectivity index (χ1v) is 9.24. The summed E-state index contributed by atoms with van der Waals surface area (Å²) >= 11 is 0. The van der Waals surface area contributed by atoms with E-state index in [-0.39, 0.29) is 16.8 Å². The van der Waals surface area contributed by atoms with Crippen molar-refractivity contribution in [2.45, 2.75) is 45.2 Å². The van der Waals surface area contributed by atoms with Gasteiger partial charge < -0.3 is 9.88 Å². The number of nitrogens with two attached hydrogens (primary N) is 1. The Hall–Kier alpha value is -2.12. The third kappa shape index (κ3) is 3.85. The number of carbonyl (C=O) groups excluding carboxylic acids is 1. The van der Waals surface area contributed by atoms with E-state index in [1.165, 1.54) is 12.1 Å². The minimum Gasteiger partial charge on any atom is -0.348 e. The van der Waals surface area contributed by atoms with Crippen LogP contribution in [0.25, 0.3) is 0 Å². The number of aryl methyl sites for hydroxylation is 1. The van der Waals surface area contributed by atoms with Gasteiger partial charge in [0.15, 0.2) is 0 Å². The molecule has 24 heavy (non-hydrogen) atoms. The zero-order valence-electron chi connectivity index (χ0n) is 14.3. The summed E-state index contributed by atoms with van der Waals surface area (Å²) in [5.74, 6) is -0.148. The van der Waals surface area contributed by atoms with Crippen molar-refractivity contribution in [1.29, 1.82) is 0 Å². The number of nitrogens with zero attached hydrogens (tertiary/aromatic N) is 1. The fourth-order valence-corrected chi connectivity index (χ4v) is 3.39. The molecule has 0 radical (unpaired) electrons. The maximum Gasteiger partial charge on any atom is 0.253 e. The molecule has 0 saturated heterocycles. The maximum absolute atomic E-state index is 12.4. The average molecular weight is 349 g/mol. The highest BCUT2D eigenvalue weighted by atomic mass is 32.2. The summed E-state index contributed by atoms with van der Waals surface area (Å²) < 4.78 is 24.6. The van der Waals surface area contributed by atoms with E-state index >= 15 is 0 Å². The predicted molar refractivity (Wildman–Crippen MR) is 93.3 cm³/mol. The highest BCUT2D eigenvalue weighted by molar-refractivity contribution is 7.89. The molecule has 0 atom stereocenters. The van der Waals surface area contributed by atoms with Crippen molar-refractivity contribution in [3.8, 4) is 0 Å². The van der Waals surface area contributed by atoms with Crippen LogP contribution in [-0.2, 0) is 16.6 Å². The summed E-state index contributed by atoms with van der Waals surface area (Å²) in [6.07, 6.45) is 0. The van der Waals surface area contributed by atoms with Crippen molar-refractivity contribution in [1.82, 2.24) is 9.88 Å². The Kier molecular flexibility index (Phi) is 5.15. The standard InChI is InChI=1S/C17H23N3O3S/c1-11(2)20-12(3)9-16(13(20)4)17(21)19-10-14-5-7-15(8-6-14)24(18,22)23/h5-9,11H,10H2,1-4H3,(H,19,21)(H2,18,22,23). The average Bonchev–Trinajstić information content (AvgIpc) is 2.79. The fraction of sp³-hybridized carbons (Fsp3) is 0.353. The second-order valence-corrected chi connectivity index (χ2v) is 7.68. The number of hydrogen-bond acceptors (Lipinski definition) is 3. The Balaban J connectivity index is 2.10. The van der Waals surface area contributed by atoms with Gasteiger partial charge in [-0.05, 0) is 51.5 Å². The number of aromatic nitrogens is 1. The van der Waals surface area contributed by atoms with Crippen LogP contribution in [0.2, 0.25) is 0 Å². The molecular weight excluding hydrogens is 326 g/mol. The topological polar surface area (TPSA) is 94.2 Å². The van der Waals surface area contributed by atoms with Crippen LogP contribution in [0.5, 0.6) is 0 Å². The zero-order valence-corrected chi connectivity index (χ0v) is 15.1. The molecule has 0 aliphatic rings. The third-order valence-electron chi connectivity index (χ3n) is 3.95. The summed E-state index contributed by atoms with van der Waals surface area (Å²) in [6.45, 7) is 8.39. The second kappa shape index (κ2) is 6.78. The van der Waals surface area contributed by atoms with Crippen LogP contribution in [0, 0.1) is 13.8 Å². The highest BCUT2D eigenvalue weighted by Crippen LogP contribution is 2.20. The molecular formula is C17H23N3O3S. The molecule has 0 aliphatic heterocycles. The molecule has 130 valence electrons. The number of rotatable bonds is 5. The summed E-state index contributed by atoms with van der Waals surface area (Å²) in [4.78, 5) is 12.5. The number of primary sulfonamides is 1. The first kappa shape index (κ1) is 18.2. The van der Waals surface area contributed by atoms with E-state index in [1.54, 1.807) is 12.1 Å². The lowest BCUT2D eigenvalue weighted by atomic mass is 10.2. The number of benzene rings is 1. The lowest BCUT2D eigenvalue weighted by molar-refractivity contribution is 0.0950. The number of hydrogen-bond donors (Lipinski definition) is 2. The molecule has 0 unspecified atom stereocenters. The molecule has 2 rings (SSSR count). The molecule has 3 N–H and O–H groups in total. The van der Waals surface area contributed by atoms with Gasteiger partial charge in [-0.15, -0.1) is 0 Å². The summed E-state index contributed by atoms with van der Waals surface area (Å²) in [5, 5.41) is 7.92. The van der Waals surface area contributed by atoms with Crippen molar-refractivity contribution in [3.05, 3.63) is 52.8 Å². The fourth-order valence-electron chi connectivity index (χ4n) is 2.88. The van der Waals surface area contributed by atoms with Crippen molar-refractivity contribution in [2.24, 2.45) is 5.14 Å². The van der Waals surface area contributed by atoms with Gasteiger partial charge in [0, 0.05) is 24.0 Å². The Labute approximate surface area is 142 Å². The molecule has 2 aromatic rings. The Morgan fingerprint density at radius 3 is 2.25 bits per heavy atom. The molecule has 0 aliphatic carbocycles. The molecule has 1 amide bonds.